The van der Waals surface area contributed by atoms with Gasteiger partial charge in [-0.3, -0.25) is 14.5 Å². The molecule has 0 spiro atoms. The van der Waals surface area contributed by atoms with Crippen LogP contribution in [0.15, 0.2) is 22.8 Å². The van der Waals surface area contributed by atoms with Crippen LogP contribution >= 0.6 is 0 Å². The predicted octanol–water partition coefficient (Wildman–Crippen LogP) is 0.696. The summed E-state index contributed by atoms with van der Waals surface area (Å²) in [5.41, 5.74) is 0. The number of carbonyl (C=O) groups is 2. The second-order valence-corrected chi connectivity index (χ2v) is 4.85. The van der Waals surface area contributed by atoms with Crippen LogP contribution in [-0.2, 0) is 16.1 Å². The van der Waals surface area contributed by atoms with E-state index in [2.05, 4.69) is 5.32 Å². The number of rotatable bonds is 8. The van der Waals surface area contributed by atoms with Gasteiger partial charge in [-0.1, -0.05) is 6.92 Å². The summed E-state index contributed by atoms with van der Waals surface area (Å²) >= 11 is 0. The first-order valence-electron chi connectivity index (χ1n) is 6.74. The molecule has 0 saturated carbocycles. The average molecular weight is 281 g/mol. The minimum Gasteiger partial charge on any atom is -0.467 e. The van der Waals surface area contributed by atoms with Gasteiger partial charge in [-0.15, -0.1) is 0 Å². The highest BCUT2D eigenvalue weighted by Crippen LogP contribution is 1.99. The van der Waals surface area contributed by atoms with Crippen LogP contribution < -0.4 is 5.32 Å². The van der Waals surface area contributed by atoms with Gasteiger partial charge in [-0.25, -0.2) is 0 Å². The summed E-state index contributed by atoms with van der Waals surface area (Å²) in [7, 11) is 3.42. The largest absolute Gasteiger partial charge is 0.467 e. The van der Waals surface area contributed by atoms with Gasteiger partial charge < -0.3 is 14.6 Å². The van der Waals surface area contributed by atoms with E-state index in [9.17, 15) is 9.59 Å². The maximum Gasteiger partial charge on any atom is 0.236 e. The lowest BCUT2D eigenvalue weighted by molar-refractivity contribution is -0.130. The Kier molecular flexibility index (Phi) is 6.79. The molecule has 0 unspecified atom stereocenters. The summed E-state index contributed by atoms with van der Waals surface area (Å²) in [5.74, 6) is 0.600. The maximum atomic E-state index is 11.9. The van der Waals surface area contributed by atoms with Crippen LogP contribution in [-0.4, -0.2) is 55.3 Å². The number of carbonyl (C=O) groups excluding carboxylic acids is 2. The Labute approximate surface area is 119 Å². The van der Waals surface area contributed by atoms with Crippen LogP contribution in [0.25, 0.3) is 0 Å². The fourth-order valence-electron chi connectivity index (χ4n) is 1.72. The molecule has 0 saturated heterocycles. The van der Waals surface area contributed by atoms with Crippen LogP contribution in [0.3, 0.4) is 0 Å². The standard InChI is InChI=1S/C14H23N3O3/c1-4-7-17(11-14(19)16(2)3)10-13(18)15-9-12-6-5-8-20-12/h5-6,8H,4,7,9-11H2,1-3H3,(H,15,18). The molecule has 20 heavy (non-hydrogen) atoms. The molecular weight excluding hydrogens is 258 g/mol. The van der Waals surface area contributed by atoms with Crippen molar-refractivity contribution >= 4 is 11.8 Å². The Morgan fingerprint density at radius 3 is 2.60 bits per heavy atom. The topological polar surface area (TPSA) is 65.8 Å². The van der Waals surface area contributed by atoms with Crippen LogP contribution in [0.4, 0.5) is 0 Å². The average Bonchev–Trinajstić information content (AvgIpc) is 2.89. The summed E-state index contributed by atoms with van der Waals surface area (Å²) in [4.78, 5) is 26.9. The van der Waals surface area contributed by atoms with Crippen LogP contribution in [0, 0.1) is 0 Å². The monoisotopic (exact) mass is 281 g/mol. The van der Waals surface area contributed by atoms with E-state index in [1.54, 1.807) is 32.5 Å². The van der Waals surface area contributed by atoms with Crippen LogP contribution in [0.1, 0.15) is 19.1 Å². The van der Waals surface area contributed by atoms with Crippen molar-refractivity contribution in [3.8, 4) is 0 Å². The summed E-state index contributed by atoms with van der Waals surface area (Å²) in [6.45, 7) is 3.58. The van der Waals surface area contributed by atoms with E-state index in [-0.39, 0.29) is 24.9 Å². The zero-order chi connectivity index (χ0) is 15.0. The van der Waals surface area contributed by atoms with Crippen LogP contribution in [0.5, 0.6) is 0 Å². The van der Waals surface area contributed by atoms with Crippen molar-refractivity contribution in [3.63, 3.8) is 0 Å². The van der Waals surface area contributed by atoms with Gasteiger partial charge in [-0.05, 0) is 25.1 Å². The normalized spacial score (nSPS) is 10.6. The lowest BCUT2D eigenvalue weighted by atomic mass is 10.3. The van der Waals surface area contributed by atoms with Gasteiger partial charge in [-0.2, -0.15) is 0 Å². The van der Waals surface area contributed by atoms with Crippen molar-refractivity contribution in [2.45, 2.75) is 19.9 Å². The molecule has 1 N–H and O–H groups in total. The molecule has 112 valence electrons. The molecule has 6 nitrogen and oxygen atoms in total. The molecule has 0 aliphatic rings. The van der Waals surface area contributed by atoms with Crippen LogP contribution in [0.2, 0.25) is 0 Å². The van der Waals surface area contributed by atoms with E-state index in [1.165, 1.54) is 4.90 Å². The van der Waals surface area contributed by atoms with Gasteiger partial charge in [0.05, 0.1) is 25.9 Å². The lowest BCUT2D eigenvalue weighted by Gasteiger charge is -2.22. The number of nitrogens with zero attached hydrogens (tertiary/aromatic N) is 2. The van der Waals surface area contributed by atoms with E-state index in [0.717, 1.165) is 6.42 Å². The zero-order valence-electron chi connectivity index (χ0n) is 12.4. The molecule has 1 heterocycles. The Balaban J connectivity index is 2.39. The number of hydrogen-bond donors (Lipinski definition) is 1. The molecule has 2 amide bonds. The highest BCUT2D eigenvalue weighted by atomic mass is 16.3. The SMILES string of the molecule is CCCN(CC(=O)NCc1ccco1)CC(=O)N(C)C. The minimum absolute atomic E-state index is 0.00251. The highest BCUT2D eigenvalue weighted by Gasteiger charge is 2.15. The van der Waals surface area contributed by atoms with Gasteiger partial charge in [0.2, 0.25) is 11.8 Å². The third kappa shape index (κ3) is 5.88. The van der Waals surface area contributed by atoms with Crippen molar-refractivity contribution in [1.29, 1.82) is 0 Å². The van der Waals surface area contributed by atoms with E-state index in [1.807, 2.05) is 11.8 Å². The fourth-order valence-corrected chi connectivity index (χ4v) is 1.72. The highest BCUT2D eigenvalue weighted by molar-refractivity contribution is 5.80. The molecule has 6 heteroatoms. The van der Waals surface area contributed by atoms with Gasteiger partial charge in [0.15, 0.2) is 0 Å². The second-order valence-electron chi connectivity index (χ2n) is 4.85. The molecule has 0 bridgehead atoms. The van der Waals surface area contributed by atoms with Crippen molar-refractivity contribution in [1.82, 2.24) is 15.1 Å². The first kappa shape index (κ1) is 16.2. The molecule has 0 aromatic carbocycles. The van der Waals surface area contributed by atoms with Crippen molar-refractivity contribution in [2.24, 2.45) is 0 Å². The molecule has 1 rings (SSSR count). The van der Waals surface area contributed by atoms with Crippen molar-refractivity contribution < 1.29 is 14.0 Å². The molecule has 0 radical (unpaired) electrons. The summed E-state index contributed by atoms with van der Waals surface area (Å²) in [6, 6.07) is 3.58. The first-order valence-corrected chi connectivity index (χ1v) is 6.74. The number of amides is 2. The van der Waals surface area contributed by atoms with Gasteiger partial charge >= 0.3 is 0 Å². The Morgan fingerprint density at radius 1 is 1.30 bits per heavy atom. The number of furan rings is 1. The summed E-state index contributed by atoms with van der Waals surface area (Å²) in [5, 5.41) is 2.78. The molecule has 0 atom stereocenters. The van der Waals surface area contributed by atoms with Crippen molar-refractivity contribution in [3.05, 3.63) is 24.2 Å². The Hall–Kier alpha value is -1.82. The quantitative estimate of drug-likeness (QED) is 0.761. The first-order chi connectivity index (χ1) is 9.52. The molecule has 1 aromatic heterocycles. The summed E-state index contributed by atoms with van der Waals surface area (Å²) < 4.78 is 5.14. The third-order valence-electron chi connectivity index (χ3n) is 2.80. The zero-order valence-corrected chi connectivity index (χ0v) is 12.4. The van der Waals surface area contributed by atoms with E-state index < -0.39 is 0 Å². The van der Waals surface area contributed by atoms with E-state index in [0.29, 0.717) is 18.8 Å². The summed E-state index contributed by atoms with van der Waals surface area (Å²) in [6.07, 6.45) is 2.47. The molecular formula is C14H23N3O3. The second kappa shape index (κ2) is 8.37. The third-order valence-corrected chi connectivity index (χ3v) is 2.80. The minimum atomic E-state index is -0.110. The van der Waals surface area contributed by atoms with Gasteiger partial charge in [0.1, 0.15) is 5.76 Å². The van der Waals surface area contributed by atoms with Gasteiger partial charge in [0.25, 0.3) is 0 Å². The lowest BCUT2D eigenvalue weighted by Crippen LogP contribution is -2.42. The van der Waals surface area contributed by atoms with Crippen molar-refractivity contribution in [2.75, 3.05) is 33.7 Å². The van der Waals surface area contributed by atoms with E-state index in [4.69, 9.17) is 4.42 Å². The maximum absolute atomic E-state index is 11.9. The smallest absolute Gasteiger partial charge is 0.236 e. The predicted molar refractivity (Wildman–Crippen MR) is 76.0 cm³/mol. The number of nitrogens with one attached hydrogen (secondary N) is 1. The van der Waals surface area contributed by atoms with E-state index >= 15 is 0 Å². The Morgan fingerprint density at radius 2 is 2.05 bits per heavy atom. The van der Waals surface area contributed by atoms with Gasteiger partial charge in [0, 0.05) is 14.1 Å². The molecule has 1 aromatic rings. The Bertz CT molecular complexity index is 415. The fraction of sp³-hybridized carbons (Fsp3) is 0.571. The molecule has 0 aliphatic carbocycles. The molecule has 0 fully saturated rings. The molecule has 0 aliphatic heterocycles. The number of likely N-dealkylation sites (N-methyl/N-ethyl adjacent to an activating group) is 1. The number of hydrogen-bond acceptors (Lipinski definition) is 4.